The van der Waals surface area contributed by atoms with Crippen molar-refractivity contribution in [1.82, 2.24) is 14.7 Å². The molecule has 0 saturated carbocycles. The number of rotatable bonds is 4. The number of amides is 1. The van der Waals surface area contributed by atoms with E-state index in [2.05, 4.69) is 0 Å². The van der Waals surface area contributed by atoms with E-state index in [1.807, 2.05) is 59.5 Å². The number of nitrogens with zero attached hydrogens (tertiary/aromatic N) is 3. The Bertz CT molecular complexity index is 974. The van der Waals surface area contributed by atoms with Crippen molar-refractivity contribution in [3.63, 3.8) is 0 Å². The molecule has 1 aliphatic heterocycles. The molecule has 0 spiro atoms. The number of ether oxygens (including phenoxy) is 1. The first-order valence-electron chi connectivity index (χ1n) is 9.50. The highest BCUT2D eigenvalue weighted by atomic mass is 35.5. The van der Waals surface area contributed by atoms with Crippen LogP contribution >= 0.6 is 12.4 Å². The number of aromatic nitrogens is 2. The number of methoxy groups -OCH3 is 1. The summed E-state index contributed by atoms with van der Waals surface area (Å²) in [4.78, 5) is 15.2. The molecule has 1 aliphatic rings. The average molecular weight is 413 g/mol. The summed E-state index contributed by atoms with van der Waals surface area (Å²) in [7, 11) is 1.62. The van der Waals surface area contributed by atoms with Gasteiger partial charge in [-0.2, -0.15) is 5.10 Å². The Kier molecular flexibility index (Phi) is 6.56. The van der Waals surface area contributed by atoms with E-state index in [9.17, 15) is 4.79 Å². The number of carbonyl (C=O) groups excluding carboxylic acids is 1. The van der Waals surface area contributed by atoms with Gasteiger partial charge in [0.05, 0.1) is 18.4 Å². The molecule has 1 fully saturated rings. The molecule has 0 radical (unpaired) electrons. The molecule has 2 N–H and O–H groups in total. The lowest BCUT2D eigenvalue weighted by Gasteiger charge is -2.30. The van der Waals surface area contributed by atoms with Crippen LogP contribution in [0.3, 0.4) is 0 Å². The van der Waals surface area contributed by atoms with Crippen LogP contribution in [0.25, 0.3) is 16.9 Å². The number of nitrogens with two attached hydrogens (primary N) is 1. The number of hydrogen-bond donors (Lipinski definition) is 1. The predicted molar refractivity (Wildman–Crippen MR) is 116 cm³/mol. The first-order valence-corrected chi connectivity index (χ1v) is 9.50. The third-order valence-corrected chi connectivity index (χ3v) is 5.07. The summed E-state index contributed by atoms with van der Waals surface area (Å²) in [6.45, 7) is 1.29. The van der Waals surface area contributed by atoms with Crippen molar-refractivity contribution in [1.29, 1.82) is 0 Å². The lowest BCUT2D eigenvalue weighted by Crippen LogP contribution is -2.45. The van der Waals surface area contributed by atoms with Gasteiger partial charge in [-0.1, -0.05) is 30.3 Å². The molecule has 1 atom stereocenters. The second kappa shape index (κ2) is 9.11. The van der Waals surface area contributed by atoms with E-state index in [1.165, 1.54) is 0 Å². The Morgan fingerprint density at radius 2 is 1.86 bits per heavy atom. The number of likely N-dealkylation sites (tertiary alicyclic amines) is 1. The lowest BCUT2D eigenvalue weighted by molar-refractivity contribution is 0.0709. The van der Waals surface area contributed by atoms with E-state index in [4.69, 9.17) is 15.6 Å². The van der Waals surface area contributed by atoms with Crippen molar-refractivity contribution in [2.24, 2.45) is 5.73 Å². The van der Waals surface area contributed by atoms with Crippen LogP contribution in [0.15, 0.2) is 60.8 Å². The maximum atomic E-state index is 13.4. The van der Waals surface area contributed by atoms with Crippen molar-refractivity contribution in [2.75, 3.05) is 20.2 Å². The van der Waals surface area contributed by atoms with Crippen LogP contribution < -0.4 is 10.5 Å². The fourth-order valence-electron chi connectivity index (χ4n) is 3.65. The first kappa shape index (κ1) is 20.9. The summed E-state index contributed by atoms with van der Waals surface area (Å²) in [5.41, 5.74) is 8.96. The van der Waals surface area contributed by atoms with Crippen molar-refractivity contribution in [3.05, 3.63) is 66.4 Å². The van der Waals surface area contributed by atoms with Gasteiger partial charge in [-0.15, -0.1) is 12.4 Å². The van der Waals surface area contributed by atoms with Crippen molar-refractivity contribution >= 4 is 18.3 Å². The lowest BCUT2D eigenvalue weighted by atomic mass is 10.0. The maximum absolute atomic E-state index is 13.4. The summed E-state index contributed by atoms with van der Waals surface area (Å²) < 4.78 is 7.27. The van der Waals surface area contributed by atoms with E-state index in [1.54, 1.807) is 18.0 Å². The number of para-hydroxylation sites is 2. The average Bonchev–Trinajstić information content (AvgIpc) is 3.19. The van der Waals surface area contributed by atoms with Crippen LogP contribution in [-0.2, 0) is 0 Å². The third-order valence-electron chi connectivity index (χ3n) is 5.07. The monoisotopic (exact) mass is 412 g/mol. The van der Waals surface area contributed by atoms with Gasteiger partial charge in [0.25, 0.3) is 5.91 Å². The Morgan fingerprint density at radius 1 is 1.14 bits per heavy atom. The number of benzene rings is 2. The number of halogens is 1. The van der Waals surface area contributed by atoms with Gasteiger partial charge in [0.1, 0.15) is 11.4 Å². The van der Waals surface area contributed by atoms with Crippen LogP contribution in [0.5, 0.6) is 5.75 Å². The van der Waals surface area contributed by atoms with Crippen LogP contribution in [0.1, 0.15) is 23.2 Å². The minimum absolute atomic E-state index is 0. The van der Waals surface area contributed by atoms with E-state index >= 15 is 0 Å². The molecule has 7 heteroatoms. The highest BCUT2D eigenvalue weighted by molar-refractivity contribution is 6.00. The van der Waals surface area contributed by atoms with Gasteiger partial charge in [-0.25, -0.2) is 4.68 Å². The number of piperidine rings is 1. The smallest absolute Gasteiger partial charge is 0.257 e. The Labute approximate surface area is 176 Å². The van der Waals surface area contributed by atoms with Crippen LogP contribution in [0.2, 0.25) is 0 Å². The fraction of sp³-hybridized carbons (Fsp3) is 0.273. The largest absolute Gasteiger partial charge is 0.496 e. The molecule has 4 rings (SSSR count). The van der Waals surface area contributed by atoms with Gasteiger partial charge in [0, 0.05) is 30.9 Å². The van der Waals surface area contributed by atoms with Crippen LogP contribution in [0, 0.1) is 0 Å². The summed E-state index contributed by atoms with van der Waals surface area (Å²) >= 11 is 0. The summed E-state index contributed by atoms with van der Waals surface area (Å²) in [6, 6.07) is 17.4. The van der Waals surface area contributed by atoms with Gasteiger partial charge in [-0.3, -0.25) is 4.79 Å². The molecule has 3 aromatic rings. The molecule has 0 bridgehead atoms. The van der Waals surface area contributed by atoms with E-state index in [0.717, 1.165) is 24.1 Å². The number of hydrogen-bond acceptors (Lipinski definition) is 4. The molecule has 152 valence electrons. The van der Waals surface area contributed by atoms with Crippen molar-refractivity contribution in [3.8, 4) is 22.7 Å². The van der Waals surface area contributed by atoms with Crippen molar-refractivity contribution < 1.29 is 9.53 Å². The maximum Gasteiger partial charge on any atom is 0.257 e. The second-order valence-electron chi connectivity index (χ2n) is 7.03. The van der Waals surface area contributed by atoms with Crippen LogP contribution in [0.4, 0.5) is 0 Å². The van der Waals surface area contributed by atoms with Gasteiger partial charge in [-0.05, 0) is 37.1 Å². The van der Waals surface area contributed by atoms with E-state index < -0.39 is 0 Å². The highest BCUT2D eigenvalue weighted by Crippen LogP contribution is 2.32. The summed E-state index contributed by atoms with van der Waals surface area (Å²) in [6.07, 6.45) is 3.68. The molecule has 1 aromatic heterocycles. The standard InChI is InChI=1S/C22H24N4O2.ClH/c1-28-20-12-6-5-11-18(20)21-19(22(27)25-13-7-8-16(23)14-25)15-26(24-21)17-9-3-2-4-10-17;/h2-6,9-12,15-16H,7-8,13-14,23H2,1H3;1H. The second-order valence-corrected chi connectivity index (χ2v) is 7.03. The zero-order valence-corrected chi connectivity index (χ0v) is 17.1. The van der Waals surface area contributed by atoms with Gasteiger partial charge < -0.3 is 15.4 Å². The fourth-order valence-corrected chi connectivity index (χ4v) is 3.65. The van der Waals surface area contributed by atoms with Gasteiger partial charge >= 0.3 is 0 Å². The van der Waals surface area contributed by atoms with E-state index in [-0.39, 0.29) is 24.4 Å². The molecule has 29 heavy (non-hydrogen) atoms. The normalized spacial score (nSPS) is 16.2. The molecule has 0 aliphatic carbocycles. The molecule has 2 aromatic carbocycles. The zero-order chi connectivity index (χ0) is 19.5. The minimum Gasteiger partial charge on any atom is -0.496 e. The SMILES string of the molecule is COc1ccccc1-c1nn(-c2ccccc2)cc1C(=O)N1CCCC(N)C1.Cl. The van der Waals surface area contributed by atoms with Crippen molar-refractivity contribution in [2.45, 2.75) is 18.9 Å². The topological polar surface area (TPSA) is 73.4 Å². The third kappa shape index (κ3) is 4.28. The minimum atomic E-state index is -0.0433. The highest BCUT2D eigenvalue weighted by Gasteiger charge is 2.27. The van der Waals surface area contributed by atoms with Gasteiger partial charge in [0.15, 0.2) is 0 Å². The summed E-state index contributed by atoms with van der Waals surface area (Å²) in [5, 5.41) is 4.75. The van der Waals surface area contributed by atoms with Gasteiger partial charge in [0.2, 0.25) is 0 Å². The molecule has 1 unspecified atom stereocenters. The molecular weight excluding hydrogens is 388 g/mol. The number of carbonyl (C=O) groups is 1. The molecular formula is C22H25ClN4O2. The summed E-state index contributed by atoms with van der Waals surface area (Å²) in [5.74, 6) is 0.642. The molecule has 2 heterocycles. The molecule has 6 nitrogen and oxygen atoms in total. The molecule has 1 saturated heterocycles. The zero-order valence-electron chi connectivity index (χ0n) is 16.3. The first-order chi connectivity index (χ1) is 13.7. The Balaban J connectivity index is 0.00000240. The quantitative estimate of drug-likeness (QED) is 0.711. The Morgan fingerprint density at radius 3 is 2.59 bits per heavy atom. The molecule has 1 amide bonds. The van der Waals surface area contributed by atoms with E-state index in [0.29, 0.717) is 30.1 Å². The predicted octanol–water partition coefficient (Wildman–Crippen LogP) is 3.53. The van der Waals surface area contributed by atoms with Crippen LogP contribution in [-0.4, -0.2) is 46.8 Å². The Hall–Kier alpha value is -2.83.